The van der Waals surface area contributed by atoms with Gasteiger partial charge in [-0.1, -0.05) is 6.58 Å². The third-order valence-corrected chi connectivity index (χ3v) is 4.20. The molecule has 30 heavy (non-hydrogen) atoms. The van der Waals surface area contributed by atoms with Crippen LogP contribution in [0.3, 0.4) is 0 Å². The van der Waals surface area contributed by atoms with Crippen molar-refractivity contribution in [1.29, 1.82) is 0 Å². The van der Waals surface area contributed by atoms with Crippen molar-refractivity contribution < 1.29 is 23.0 Å². The van der Waals surface area contributed by atoms with E-state index < -0.39 is 35.6 Å². The summed E-state index contributed by atoms with van der Waals surface area (Å²) >= 11 is 0. The van der Waals surface area contributed by atoms with Gasteiger partial charge in [-0.3, -0.25) is 4.99 Å². The number of nitrogens with one attached hydrogen (secondary N) is 1. The Labute approximate surface area is 179 Å². The van der Waals surface area contributed by atoms with Gasteiger partial charge < -0.3 is 24.4 Å². The summed E-state index contributed by atoms with van der Waals surface area (Å²) in [6.45, 7) is 20.6. The van der Waals surface area contributed by atoms with E-state index in [1.807, 2.05) is 41.5 Å². The van der Waals surface area contributed by atoms with E-state index in [4.69, 9.17) is 14.2 Å². The summed E-state index contributed by atoms with van der Waals surface area (Å²) in [5, 5.41) is 2.98. The molecule has 1 N–H and O–H groups in total. The van der Waals surface area contributed by atoms with E-state index in [0.717, 1.165) is 0 Å². The minimum Gasteiger partial charge on any atom is -0.373 e. The Bertz CT molecular complexity index is 700. The summed E-state index contributed by atoms with van der Waals surface area (Å²) in [7, 11) is 0. The van der Waals surface area contributed by atoms with Crippen LogP contribution in [0.25, 0.3) is 0 Å². The lowest BCUT2D eigenvalue weighted by molar-refractivity contribution is -0.188. The average molecular weight is 430 g/mol. The van der Waals surface area contributed by atoms with E-state index in [-0.39, 0.29) is 18.0 Å². The molecule has 2 rings (SSSR count). The molecular weight excluding hydrogens is 392 g/mol. The SMILES string of the molecule is C=C1NC(=NC(C)(C)C)C=CN1[C@@H]1O[C@H](COC(C)(C)C)C(OC(C)(C)C)C1(F)F. The van der Waals surface area contributed by atoms with Crippen LogP contribution in [0.5, 0.6) is 0 Å². The standard InChI is InChI=1S/C22H37F2N3O3/c1-14-25-16(26-19(2,3)4)11-12-27(14)18-22(23,24)17(30-21(8,9)10)15(29-18)13-28-20(5,6)7/h11-12,15,17-18H,1,13H2,2-10H3,(H,25,26)/t15-,17?,18-/m1/s1. The van der Waals surface area contributed by atoms with E-state index in [9.17, 15) is 0 Å². The normalized spacial score (nSPS) is 28.9. The van der Waals surface area contributed by atoms with E-state index >= 15 is 8.78 Å². The van der Waals surface area contributed by atoms with E-state index in [1.54, 1.807) is 26.8 Å². The van der Waals surface area contributed by atoms with Crippen LogP contribution < -0.4 is 5.32 Å². The highest BCUT2D eigenvalue weighted by Gasteiger charge is 2.63. The summed E-state index contributed by atoms with van der Waals surface area (Å²) in [4.78, 5) is 5.80. The molecule has 3 atom stereocenters. The van der Waals surface area contributed by atoms with Crippen molar-refractivity contribution in [2.75, 3.05) is 6.61 Å². The van der Waals surface area contributed by atoms with Crippen LogP contribution in [0.15, 0.2) is 29.7 Å². The molecular formula is C22H37F2N3O3. The third-order valence-electron chi connectivity index (χ3n) is 4.20. The van der Waals surface area contributed by atoms with Crippen molar-refractivity contribution in [2.24, 2.45) is 4.99 Å². The minimum atomic E-state index is -3.30. The lowest BCUT2D eigenvalue weighted by atomic mass is 10.1. The van der Waals surface area contributed by atoms with Gasteiger partial charge >= 0.3 is 5.92 Å². The zero-order chi connectivity index (χ0) is 23.1. The van der Waals surface area contributed by atoms with E-state index in [2.05, 4.69) is 16.9 Å². The number of alkyl halides is 2. The van der Waals surface area contributed by atoms with Crippen LogP contribution in [-0.4, -0.2) is 58.4 Å². The number of hydrogen-bond donors (Lipinski definition) is 1. The Kier molecular flexibility index (Phi) is 6.77. The third kappa shape index (κ3) is 6.49. The molecule has 0 aliphatic carbocycles. The maximum atomic E-state index is 15.5. The molecule has 1 fully saturated rings. The smallest absolute Gasteiger partial charge is 0.320 e. The Morgan fingerprint density at radius 2 is 1.73 bits per heavy atom. The zero-order valence-corrected chi connectivity index (χ0v) is 19.7. The topological polar surface area (TPSA) is 55.3 Å². The Morgan fingerprint density at radius 3 is 2.20 bits per heavy atom. The fourth-order valence-corrected chi connectivity index (χ4v) is 3.10. The maximum Gasteiger partial charge on any atom is 0.320 e. The van der Waals surface area contributed by atoms with Crippen LogP contribution in [-0.2, 0) is 14.2 Å². The lowest BCUT2D eigenvalue weighted by Gasteiger charge is -2.36. The molecule has 8 heteroatoms. The van der Waals surface area contributed by atoms with Crippen molar-refractivity contribution in [3.05, 3.63) is 24.7 Å². The Morgan fingerprint density at radius 1 is 1.13 bits per heavy atom. The van der Waals surface area contributed by atoms with Gasteiger partial charge in [0.25, 0.3) is 0 Å². The highest BCUT2D eigenvalue weighted by atomic mass is 19.3. The lowest BCUT2D eigenvalue weighted by Crippen LogP contribution is -2.52. The fraction of sp³-hybridized carbons (Fsp3) is 0.773. The van der Waals surface area contributed by atoms with Gasteiger partial charge in [0.1, 0.15) is 17.8 Å². The molecule has 2 aliphatic heterocycles. The monoisotopic (exact) mass is 429 g/mol. The largest absolute Gasteiger partial charge is 0.373 e. The number of amidine groups is 1. The molecule has 0 aromatic heterocycles. The summed E-state index contributed by atoms with van der Waals surface area (Å²) in [6, 6.07) is 0. The second-order valence-corrected chi connectivity index (χ2v) is 10.7. The predicted octanol–water partition coefficient (Wildman–Crippen LogP) is 4.43. The van der Waals surface area contributed by atoms with Gasteiger partial charge in [-0.25, -0.2) is 0 Å². The van der Waals surface area contributed by atoms with Gasteiger partial charge in [-0.15, -0.1) is 0 Å². The molecule has 0 aromatic rings. The fourth-order valence-electron chi connectivity index (χ4n) is 3.10. The van der Waals surface area contributed by atoms with Crippen molar-refractivity contribution in [3.8, 4) is 0 Å². The Hall–Kier alpha value is -1.51. The summed E-state index contributed by atoms with van der Waals surface area (Å²) < 4.78 is 48.4. The van der Waals surface area contributed by atoms with Crippen LogP contribution in [0.2, 0.25) is 0 Å². The van der Waals surface area contributed by atoms with Crippen molar-refractivity contribution in [3.63, 3.8) is 0 Å². The van der Waals surface area contributed by atoms with E-state index in [0.29, 0.717) is 5.84 Å². The second kappa shape index (κ2) is 8.20. The zero-order valence-electron chi connectivity index (χ0n) is 19.7. The molecule has 0 bridgehead atoms. The number of ether oxygens (including phenoxy) is 3. The minimum absolute atomic E-state index is 0.00940. The number of rotatable bonds is 4. The molecule has 172 valence electrons. The molecule has 2 heterocycles. The highest BCUT2D eigenvalue weighted by molar-refractivity contribution is 5.95. The highest BCUT2D eigenvalue weighted by Crippen LogP contribution is 2.43. The molecule has 0 amide bonds. The van der Waals surface area contributed by atoms with Gasteiger partial charge in [0, 0.05) is 6.20 Å². The molecule has 0 spiro atoms. The van der Waals surface area contributed by atoms with Crippen LogP contribution in [0.4, 0.5) is 8.78 Å². The van der Waals surface area contributed by atoms with Crippen molar-refractivity contribution in [1.82, 2.24) is 10.2 Å². The number of hydrogen-bond acceptors (Lipinski definition) is 5. The van der Waals surface area contributed by atoms with Crippen LogP contribution in [0, 0.1) is 0 Å². The predicted molar refractivity (Wildman–Crippen MR) is 114 cm³/mol. The molecule has 0 aromatic carbocycles. The van der Waals surface area contributed by atoms with Gasteiger partial charge in [-0.2, -0.15) is 8.78 Å². The van der Waals surface area contributed by atoms with Crippen LogP contribution >= 0.6 is 0 Å². The summed E-state index contributed by atoms with van der Waals surface area (Å²) in [6.07, 6.45) is -0.822. The first-order valence-electron chi connectivity index (χ1n) is 10.3. The van der Waals surface area contributed by atoms with Gasteiger partial charge in [0.15, 0.2) is 6.10 Å². The molecule has 1 unspecified atom stereocenters. The van der Waals surface area contributed by atoms with Crippen LogP contribution in [0.1, 0.15) is 62.3 Å². The molecule has 0 saturated carbocycles. The second-order valence-electron chi connectivity index (χ2n) is 10.7. The summed E-state index contributed by atoms with van der Waals surface area (Å²) in [5.74, 6) is -2.48. The number of nitrogens with zero attached hydrogens (tertiary/aromatic N) is 2. The van der Waals surface area contributed by atoms with Gasteiger partial charge in [-0.05, 0) is 68.4 Å². The Balaban J connectivity index is 2.30. The molecule has 2 aliphatic rings. The summed E-state index contributed by atoms with van der Waals surface area (Å²) in [5.41, 5.74) is -1.58. The quantitative estimate of drug-likeness (QED) is 0.716. The van der Waals surface area contributed by atoms with Gasteiger partial charge in [0.2, 0.25) is 6.23 Å². The molecule has 1 saturated heterocycles. The number of aliphatic imine (C=N–C) groups is 1. The average Bonchev–Trinajstić information content (AvgIpc) is 2.73. The maximum absolute atomic E-state index is 15.5. The van der Waals surface area contributed by atoms with E-state index in [1.165, 1.54) is 11.1 Å². The van der Waals surface area contributed by atoms with Crippen molar-refractivity contribution >= 4 is 5.84 Å². The molecule has 0 radical (unpaired) electrons. The number of halogens is 2. The first-order chi connectivity index (χ1) is 13.4. The first kappa shape index (κ1) is 24.8. The first-order valence-corrected chi connectivity index (χ1v) is 10.3. The van der Waals surface area contributed by atoms with Gasteiger partial charge in [0.05, 0.1) is 23.3 Å². The molecule has 6 nitrogen and oxygen atoms in total. The van der Waals surface area contributed by atoms with Crippen molar-refractivity contribution in [2.45, 2.75) is 103 Å².